The Kier molecular flexibility index (Phi) is 8.42. The number of carbonyl (C=O) groups excluding carboxylic acids is 2. The summed E-state index contributed by atoms with van der Waals surface area (Å²) in [7, 11) is 1.51. The summed E-state index contributed by atoms with van der Waals surface area (Å²) in [6.45, 7) is 2.02. The van der Waals surface area contributed by atoms with Crippen LogP contribution in [0.25, 0.3) is 0 Å². The molecule has 7 nitrogen and oxygen atoms in total. The van der Waals surface area contributed by atoms with E-state index < -0.39 is 5.91 Å². The number of hydrazine groups is 1. The summed E-state index contributed by atoms with van der Waals surface area (Å²) >= 11 is 5.89. The van der Waals surface area contributed by atoms with Gasteiger partial charge in [0.1, 0.15) is 5.75 Å². The van der Waals surface area contributed by atoms with Gasteiger partial charge in [0.25, 0.3) is 5.91 Å². The van der Waals surface area contributed by atoms with Crippen LogP contribution in [0.2, 0.25) is 5.02 Å². The van der Waals surface area contributed by atoms with Crippen LogP contribution >= 0.6 is 11.6 Å². The second-order valence-corrected chi connectivity index (χ2v) is 6.33. The highest BCUT2D eigenvalue weighted by Gasteiger charge is 2.08. The number of hydrogen-bond donors (Lipinski definition) is 2. The Morgan fingerprint density at radius 3 is 2.39 bits per heavy atom. The number of carbonyl (C=O) groups is 2. The summed E-state index contributed by atoms with van der Waals surface area (Å²) in [5.41, 5.74) is 5.58. The van der Waals surface area contributed by atoms with Crippen molar-refractivity contribution >= 4 is 23.4 Å². The molecule has 0 saturated carbocycles. The number of hydrogen-bond acceptors (Lipinski definition) is 5. The van der Waals surface area contributed by atoms with Gasteiger partial charge in [-0.1, -0.05) is 23.7 Å². The molecule has 0 radical (unpaired) electrons. The predicted octanol–water partition coefficient (Wildman–Crippen LogP) is 3.04. The number of para-hydroxylation sites is 2. The minimum Gasteiger partial charge on any atom is -0.493 e. The standard InChI is InChI=1S/C20H23ClN2O5/c1-14-12-15(21)9-10-16(14)27-11-5-8-19(24)22-23-20(25)13-28-18-7-4-3-6-17(18)26-2/h3-4,6-7,9-10,12H,5,8,11,13H2,1-2H3,(H,22,24)(H,23,25). The van der Waals surface area contributed by atoms with Gasteiger partial charge in [-0.15, -0.1) is 0 Å². The Morgan fingerprint density at radius 1 is 0.964 bits per heavy atom. The van der Waals surface area contributed by atoms with Gasteiger partial charge in [-0.3, -0.25) is 20.4 Å². The molecule has 0 fully saturated rings. The van der Waals surface area contributed by atoms with Crippen molar-refractivity contribution in [2.75, 3.05) is 20.3 Å². The Bertz CT molecular complexity index is 813. The van der Waals surface area contributed by atoms with E-state index in [-0.39, 0.29) is 18.9 Å². The first-order chi connectivity index (χ1) is 13.5. The molecule has 0 heterocycles. The van der Waals surface area contributed by atoms with Crippen molar-refractivity contribution in [1.82, 2.24) is 10.9 Å². The monoisotopic (exact) mass is 406 g/mol. The van der Waals surface area contributed by atoms with Crippen LogP contribution in [0, 0.1) is 6.92 Å². The zero-order valence-electron chi connectivity index (χ0n) is 15.8. The fraction of sp³-hybridized carbons (Fsp3) is 0.300. The highest BCUT2D eigenvalue weighted by Crippen LogP contribution is 2.25. The predicted molar refractivity (Wildman–Crippen MR) is 106 cm³/mol. The third kappa shape index (κ3) is 7.00. The van der Waals surface area contributed by atoms with Gasteiger partial charge in [0, 0.05) is 11.4 Å². The molecule has 0 spiro atoms. The number of rotatable bonds is 9. The smallest absolute Gasteiger partial charge is 0.276 e. The molecule has 150 valence electrons. The molecule has 0 aliphatic carbocycles. The van der Waals surface area contributed by atoms with Gasteiger partial charge in [0.05, 0.1) is 13.7 Å². The maximum atomic E-state index is 11.8. The van der Waals surface area contributed by atoms with E-state index in [0.29, 0.717) is 29.5 Å². The summed E-state index contributed by atoms with van der Waals surface area (Å²) in [6.07, 6.45) is 0.710. The lowest BCUT2D eigenvalue weighted by Gasteiger charge is -2.11. The van der Waals surface area contributed by atoms with E-state index in [2.05, 4.69) is 10.9 Å². The molecule has 8 heteroatoms. The molecule has 0 aliphatic rings. The SMILES string of the molecule is COc1ccccc1OCC(=O)NNC(=O)CCCOc1ccc(Cl)cc1C. The van der Waals surface area contributed by atoms with Crippen LogP contribution in [0.4, 0.5) is 0 Å². The van der Waals surface area contributed by atoms with Crippen LogP contribution in [0.5, 0.6) is 17.2 Å². The normalized spacial score (nSPS) is 10.1. The van der Waals surface area contributed by atoms with E-state index in [9.17, 15) is 9.59 Å². The molecule has 28 heavy (non-hydrogen) atoms. The molecular formula is C20H23ClN2O5. The third-order valence-corrected chi connectivity index (χ3v) is 3.95. The van der Waals surface area contributed by atoms with E-state index in [1.54, 1.807) is 36.4 Å². The molecule has 0 unspecified atom stereocenters. The van der Waals surface area contributed by atoms with Crippen LogP contribution < -0.4 is 25.1 Å². The number of halogens is 1. The molecule has 0 saturated heterocycles. The molecule has 0 aliphatic heterocycles. The largest absolute Gasteiger partial charge is 0.493 e. The van der Waals surface area contributed by atoms with Crippen LogP contribution in [-0.2, 0) is 9.59 Å². The Balaban J connectivity index is 1.62. The van der Waals surface area contributed by atoms with Gasteiger partial charge in [-0.25, -0.2) is 0 Å². The van der Waals surface area contributed by atoms with Crippen LogP contribution in [0.3, 0.4) is 0 Å². The molecule has 0 bridgehead atoms. The zero-order chi connectivity index (χ0) is 20.4. The number of aryl methyl sites for hydroxylation is 1. The molecular weight excluding hydrogens is 384 g/mol. The average molecular weight is 407 g/mol. The van der Waals surface area contributed by atoms with Crippen molar-refractivity contribution in [3.05, 3.63) is 53.1 Å². The topological polar surface area (TPSA) is 85.9 Å². The van der Waals surface area contributed by atoms with Gasteiger partial charge in [0.2, 0.25) is 5.91 Å². The van der Waals surface area contributed by atoms with Gasteiger partial charge in [-0.05, 0) is 49.2 Å². The molecule has 2 rings (SSSR count). The highest BCUT2D eigenvalue weighted by atomic mass is 35.5. The van der Waals surface area contributed by atoms with Crippen molar-refractivity contribution in [3.63, 3.8) is 0 Å². The molecule has 2 aromatic rings. The lowest BCUT2D eigenvalue weighted by molar-refractivity contribution is -0.130. The summed E-state index contributed by atoms with van der Waals surface area (Å²) < 4.78 is 16.1. The second kappa shape index (κ2) is 11.0. The van der Waals surface area contributed by atoms with Crippen LogP contribution in [-0.4, -0.2) is 32.1 Å². The van der Waals surface area contributed by atoms with Crippen molar-refractivity contribution in [3.8, 4) is 17.2 Å². The summed E-state index contributed by atoms with van der Waals surface area (Å²) in [4.78, 5) is 23.6. The number of methoxy groups -OCH3 is 1. The second-order valence-electron chi connectivity index (χ2n) is 5.90. The number of benzene rings is 2. The van der Waals surface area contributed by atoms with Crippen molar-refractivity contribution in [1.29, 1.82) is 0 Å². The van der Waals surface area contributed by atoms with E-state index in [1.165, 1.54) is 7.11 Å². The Labute approximate surface area is 168 Å². The lowest BCUT2D eigenvalue weighted by atomic mass is 10.2. The van der Waals surface area contributed by atoms with Crippen LogP contribution in [0.15, 0.2) is 42.5 Å². The van der Waals surface area contributed by atoms with E-state index in [1.807, 2.05) is 13.0 Å². The van der Waals surface area contributed by atoms with Crippen LogP contribution in [0.1, 0.15) is 18.4 Å². The van der Waals surface area contributed by atoms with Gasteiger partial charge in [-0.2, -0.15) is 0 Å². The molecule has 2 amide bonds. The van der Waals surface area contributed by atoms with Crippen molar-refractivity contribution in [2.45, 2.75) is 19.8 Å². The highest BCUT2D eigenvalue weighted by molar-refractivity contribution is 6.30. The first-order valence-corrected chi connectivity index (χ1v) is 9.10. The molecule has 0 aromatic heterocycles. The molecule has 2 N–H and O–H groups in total. The van der Waals surface area contributed by atoms with Gasteiger partial charge >= 0.3 is 0 Å². The lowest BCUT2D eigenvalue weighted by Crippen LogP contribution is -2.43. The first kappa shape index (κ1) is 21.4. The van der Waals surface area contributed by atoms with Gasteiger partial charge in [0.15, 0.2) is 18.1 Å². The zero-order valence-corrected chi connectivity index (χ0v) is 16.5. The Morgan fingerprint density at radius 2 is 1.68 bits per heavy atom. The Hall–Kier alpha value is -2.93. The maximum absolute atomic E-state index is 11.8. The minimum absolute atomic E-state index is 0.209. The maximum Gasteiger partial charge on any atom is 0.276 e. The molecule has 2 aromatic carbocycles. The summed E-state index contributed by atoms with van der Waals surface area (Å²) in [6, 6.07) is 12.3. The number of amides is 2. The fourth-order valence-electron chi connectivity index (χ4n) is 2.31. The fourth-order valence-corrected chi connectivity index (χ4v) is 2.54. The van der Waals surface area contributed by atoms with E-state index in [4.69, 9.17) is 25.8 Å². The van der Waals surface area contributed by atoms with Gasteiger partial charge < -0.3 is 14.2 Å². The number of ether oxygens (including phenoxy) is 3. The van der Waals surface area contributed by atoms with Crippen molar-refractivity contribution < 1.29 is 23.8 Å². The quantitative estimate of drug-likeness (QED) is 0.493. The third-order valence-electron chi connectivity index (χ3n) is 3.71. The average Bonchev–Trinajstić information content (AvgIpc) is 2.69. The minimum atomic E-state index is -0.479. The first-order valence-electron chi connectivity index (χ1n) is 8.72. The van der Waals surface area contributed by atoms with E-state index >= 15 is 0 Å². The van der Waals surface area contributed by atoms with Crippen molar-refractivity contribution in [2.24, 2.45) is 0 Å². The summed E-state index contributed by atoms with van der Waals surface area (Å²) in [5.74, 6) is 0.900. The van der Waals surface area contributed by atoms with E-state index in [0.717, 1.165) is 11.3 Å². The molecule has 0 atom stereocenters. The number of nitrogens with one attached hydrogen (secondary N) is 2. The summed E-state index contributed by atoms with van der Waals surface area (Å²) in [5, 5.41) is 0.648.